The second-order valence-electron chi connectivity index (χ2n) is 4.46. The average Bonchev–Trinajstić information content (AvgIpc) is 2.29. The molecule has 1 aromatic rings. The van der Waals surface area contributed by atoms with Gasteiger partial charge < -0.3 is 4.90 Å². The van der Waals surface area contributed by atoms with Crippen molar-refractivity contribution in [3.63, 3.8) is 0 Å². The third-order valence-electron chi connectivity index (χ3n) is 3.28. The minimum Gasteiger partial charge on any atom is -0.354 e. The molecule has 0 amide bonds. The topological polar surface area (TPSA) is 16.1 Å². The van der Waals surface area contributed by atoms with Crippen LogP contribution in [0.15, 0.2) is 16.7 Å². The number of aromatic nitrogens is 1. The Balaban J connectivity index is 2.05. The highest BCUT2D eigenvalue weighted by molar-refractivity contribution is 9.10. The van der Waals surface area contributed by atoms with Crippen molar-refractivity contribution in [2.75, 3.05) is 18.0 Å². The third kappa shape index (κ3) is 3.10. The molecule has 0 radical (unpaired) electrons. The lowest BCUT2D eigenvalue weighted by molar-refractivity contribution is 0.396. The molecule has 0 aliphatic carbocycles. The summed E-state index contributed by atoms with van der Waals surface area (Å²) in [6, 6.07) is 1.46. The Hall–Kier alpha value is -0.350. The smallest absolute Gasteiger partial charge is 0.166 e. The minimum atomic E-state index is -0.267. The number of rotatable bonds is 2. The summed E-state index contributed by atoms with van der Waals surface area (Å²) in [5.41, 5.74) is 0. The summed E-state index contributed by atoms with van der Waals surface area (Å²) < 4.78 is 14.4. The molecule has 94 valence electrons. The van der Waals surface area contributed by atoms with Crippen LogP contribution in [0.25, 0.3) is 0 Å². The predicted octanol–water partition coefficient (Wildman–Crippen LogP) is 3.83. The highest BCUT2D eigenvalue weighted by Crippen LogP contribution is 2.28. The Morgan fingerprint density at radius 2 is 2.18 bits per heavy atom. The number of piperidine rings is 1. The molecule has 1 aromatic heterocycles. The first-order valence-electron chi connectivity index (χ1n) is 5.78. The van der Waals surface area contributed by atoms with Gasteiger partial charge in [0.2, 0.25) is 0 Å². The Kier molecular flexibility index (Phi) is 4.26. The van der Waals surface area contributed by atoms with Crippen molar-refractivity contribution < 1.29 is 4.39 Å². The van der Waals surface area contributed by atoms with E-state index in [1.807, 2.05) is 11.8 Å². The van der Waals surface area contributed by atoms with E-state index in [2.05, 4.69) is 20.9 Å². The molecule has 1 aliphatic rings. The maximum atomic E-state index is 13.7. The lowest BCUT2D eigenvalue weighted by atomic mass is 9.94. The number of nitrogens with zero attached hydrogens (tertiary/aromatic N) is 2. The zero-order valence-electron chi connectivity index (χ0n) is 9.67. The van der Waals surface area contributed by atoms with Gasteiger partial charge in [-0.15, -0.1) is 11.6 Å². The molecule has 2 rings (SSSR count). The fourth-order valence-electron chi connectivity index (χ4n) is 2.21. The van der Waals surface area contributed by atoms with E-state index in [4.69, 9.17) is 11.6 Å². The molecular formula is C12H15BrClFN2. The zero-order valence-corrected chi connectivity index (χ0v) is 12.0. The Morgan fingerprint density at radius 3 is 2.71 bits per heavy atom. The molecule has 0 saturated carbocycles. The van der Waals surface area contributed by atoms with Gasteiger partial charge in [0.15, 0.2) is 11.6 Å². The predicted molar refractivity (Wildman–Crippen MR) is 72.1 cm³/mol. The average molecular weight is 322 g/mol. The molecule has 0 bridgehead atoms. The van der Waals surface area contributed by atoms with Gasteiger partial charge in [-0.1, -0.05) is 0 Å². The highest BCUT2D eigenvalue weighted by Gasteiger charge is 2.24. The zero-order chi connectivity index (χ0) is 12.4. The van der Waals surface area contributed by atoms with Crippen LogP contribution in [0.4, 0.5) is 10.2 Å². The number of alkyl halides is 1. The first-order valence-corrected chi connectivity index (χ1v) is 7.01. The molecule has 1 saturated heterocycles. The fourth-order valence-corrected chi connectivity index (χ4v) is 2.77. The molecule has 1 unspecified atom stereocenters. The molecule has 1 aliphatic heterocycles. The lowest BCUT2D eigenvalue weighted by Gasteiger charge is -2.34. The van der Waals surface area contributed by atoms with Crippen LogP contribution >= 0.6 is 27.5 Å². The number of hydrogen-bond acceptors (Lipinski definition) is 2. The lowest BCUT2D eigenvalue weighted by Crippen LogP contribution is -2.36. The van der Waals surface area contributed by atoms with Gasteiger partial charge in [0.05, 0.1) is 0 Å². The van der Waals surface area contributed by atoms with Gasteiger partial charge in [-0.05, 0) is 47.7 Å². The maximum absolute atomic E-state index is 13.7. The summed E-state index contributed by atoms with van der Waals surface area (Å²) in [6.45, 7) is 3.68. The Morgan fingerprint density at radius 1 is 1.53 bits per heavy atom. The summed E-state index contributed by atoms with van der Waals surface area (Å²) in [5.74, 6) is 0.719. The number of anilines is 1. The van der Waals surface area contributed by atoms with Crippen molar-refractivity contribution in [2.45, 2.75) is 25.1 Å². The number of pyridine rings is 1. The van der Waals surface area contributed by atoms with E-state index < -0.39 is 0 Å². The molecule has 1 atom stereocenters. The highest BCUT2D eigenvalue weighted by atomic mass is 79.9. The molecule has 0 N–H and O–H groups in total. The molecule has 1 fully saturated rings. The van der Waals surface area contributed by atoms with Gasteiger partial charge in [-0.2, -0.15) is 0 Å². The van der Waals surface area contributed by atoms with Crippen LogP contribution in [0.5, 0.6) is 0 Å². The Bertz CT molecular complexity index is 392. The second kappa shape index (κ2) is 5.53. The van der Waals surface area contributed by atoms with Crippen LogP contribution < -0.4 is 4.90 Å². The van der Waals surface area contributed by atoms with E-state index in [0.29, 0.717) is 16.2 Å². The van der Waals surface area contributed by atoms with Crippen molar-refractivity contribution in [1.29, 1.82) is 0 Å². The van der Waals surface area contributed by atoms with Crippen LogP contribution in [0, 0.1) is 11.7 Å². The number of halogens is 3. The summed E-state index contributed by atoms with van der Waals surface area (Å²) in [7, 11) is 0. The van der Waals surface area contributed by atoms with Crippen LogP contribution in [-0.2, 0) is 0 Å². The monoisotopic (exact) mass is 320 g/mol. The summed E-state index contributed by atoms with van der Waals surface area (Å²) in [5, 5.41) is 0.194. The van der Waals surface area contributed by atoms with Gasteiger partial charge in [0.1, 0.15) is 0 Å². The molecule has 0 spiro atoms. The molecular weight excluding hydrogens is 307 g/mol. The minimum absolute atomic E-state index is 0.194. The van der Waals surface area contributed by atoms with Crippen molar-refractivity contribution in [3.05, 3.63) is 22.6 Å². The first kappa shape index (κ1) is 13.1. The third-order valence-corrected chi connectivity index (χ3v) is 4.07. The molecule has 2 heterocycles. The summed E-state index contributed by atoms with van der Waals surface area (Å²) >= 11 is 9.30. The van der Waals surface area contributed by atoms with Gasteiger partial charge in [-0.25, -0.2) is 9.37 Å². The summed E-state index contributed by atoms with van der Waals surface area (Å²) in [4.78, 5) is 6.14. The quantitative estimate of drug-likeness (QED) is 0.770. The normalized spacial score (nSPS) is 19.4. The van der Waals surface area contributed by atoms with Crippen molar-refractivity contribution in [3.8, 4) is 0 Å². The van der Waals surface area contributed by atoms with Gasteiger partial charge in [0, 0.05) is 29.1 Å². The van der Waals surface area contributed by atoms with Gasteiger partial charge >= 0.3 is 0 Å². The molecule has 0 aromatic carbocycles. The van der Waals surface area contributed by atoms with Crippen molar-refractivity contribution in [2.24, 2.45) is 5.92 Å². The standard InChI is InChI=1S/C12H15BrClFN2/c1-8(14)9-2-4-17(5-3-9)12-11(15)6-10(13)7-16-12/h6-9H,2-5H2,1H3. The first-order chi connectivity index (χ1) is 8.08. The molecule has 17 heavy (non-hydrogen) atoms. The van der Waals surface area contributed by atoms with Crippen LogP contribution in [0.2, 0.25) is 0 Å². The molecule has 2 nitrogen and oxygen atoms in total. The Labute approximate surface area is 114 Å². The largest absolute Gasteiger partial charge is 0.354 e. The van der Waals surface area contributed by atoms with Crippen molar-refractivity contribution in [1.82, 2.24) is 4.98 Å². The van der Waals surface area contributed by atoms with Gasteiger partial charge in [0.25, 0.3) is 0 Å². The van der Waals surface area contributed by atoms with E-state index >= 15 is 0 Å². The SMILES string of the molecule is CC(Cl)C1CCN(c2ncc(Br)cc2F)CC1. The van der Waals surface area contributed by atoms with E-state index in [1.54, 1.807) is 6.20 Å². The summed E-state index contributed by atoms with van der Waals surface area (Å²) in [6.07, 6.45) is 3.64. The maximum Gasteiger partial charge on any atom is 0.166 e. The van der Waals surface area contributed by atoms with Crippen LogP contribution in [-0.4, -0.2) is 23.5 Å². The van der Waals surface area contributed by atoms with E-state index in [1.165, 1.54) is 6.07 Å². The van der Waals surface area contributed by atoms with Crippen LogP contribution in [0.1, 0.15) is 19.8 Å². The second-order valence-corrected chi connectivity index (χ2v) is 6.07. The van der Waals surface area contributed by atoms with Crippen LogP contribution in [0.3, 0.4) is 0 Å². The number of hydrogen-bond donors (Lipinski definition) is 0. The molecule has 5 heteroatoms. The van der Waals surface area contributed by atoms with Gasteiger partial charge in [-0.3, -0.25) is 0 Å². The van der Waals surface area contributed by atoms with E-state index in [0.717, 1.165) is 25.9 Å². The fraction of sp³-hybridized carbons (Fsp3) is 0.583. The van der Waals surface area contributed by atoms with Crippen molar-refractivity contribution >= 4 is 33.3 Å². The van der Waals surface area contributed by atoms with E-state index in [-0.39, 0.29) is 11.2 Å². The van der Waals surface area contributed by atoms with E-state index in [9.17, 15) is 4.39 Å².